The molecule has 0 amide bonds. The van der Waals surface area contributed by atoms with Crippen LogP contribution in [0.15, 0.2) is 30.3 Å². The molecule has 0 spiro atoms. The van der Waals surface area contributed by atoms with Gasteiger partial charge in [0.2, 0.25) is 0 Å². The maximum Gasteiger partial charge on any atom is 0.133 e. The van der Waals surface area contributed by atoms with Crippen molar-refractivity contribution in [1.29, 1.82) is 5.26 Å². The molecule has 2 aromatic rings. The lowest BCUT2D eigenvalue weighted by molar-refractivity contribution is 0.415. The summed E-state index contributed by atoms with van der Waals surface area (Å²) in [6.07, 6.45) is 0. The van der Waals surface area contributed by atoms with E-state index in [0.717, 1.165) is 17.0 Å². The third kappa shape index (κ3) is 3.15. The molecule has 0 radical (unpaired) electrons. The number of nitriles is 1. The monoisotopic (exact) mass is 273 g/mol. The standard InChI is InChI=1S/C14H12ClN3O/c1-9-3-4-11(19-2)7-12(9)17-14-6-10(8-16)5-13(15)18-14/h3-7H,1-2H3,(H,17,18). The Bertz CT molecular complexity index is 650. The maximum atomic E-state index is 8.91. The van der Waals surface area contributed by atoms with Crippen LogP contribution in [-0.2, 0) is 0 Å². The van der Waals surface area contributed by atoms with Crippen molar-refractivity contribution in [2.45, 2.75) is 6.92 Å². The van der Waals surface area contributed by atoms with Crippen LogP contribution in [-0.4, -0.2) is 12.1 Å². The zero-order valence-corrected chi connectivity index (χ0v) is 11.3. The molecule has 5 heteroatoms. The molecule has 0 aliphatic heterocycles. The van der Waals surface area contributed by atoms with E-state index in [-0.39, 0.29) is 5.15 Å². The number of hydrogen-bond acceptors (Lipinski definition) is 4. The van der Waals surface area contributed by atoms with E-state index in [0.29, 0.717) is 11.4 Å². The minimum Gasteiger partial charge on any atom is -0.497 e. The average molecular weight is 274 g/mol. The van der Waals surface area contributed by atoms with Crippen molar-refractivity contribution in [3.8, 4) is 11.8 Å². The molecule has 0 saturated carbocycles. The van der Waals surface area contributed by atoms with Gasteiger partial charge in [0, 0.05) is 11.8 Å². The topological polar surface area (TPSA) is 57.9 Å². The fraction of sp³-hybridized carbons (Fsp3) is 0.143. The molecular weight excluding hydrogens is 262 g/mol. The first-order valence-electron chi connectivity index (χ1n) is 5.61. The summed E-state index contributed by atoms with van der Waals surface area (Å²) in [7, 11) is 1.61. The number of methoxy groups -OCH3 is 1. The fourth-order valence-corrected chi connectivity index (χ4v) is 1.83. The molecule has 1 aromatic heterocycles. The Morgan fingerprint density at radius 2 is 2.11 bits per heavy atom. The number of aromatic nitrogens is 1. The molecule has 0 bridgehead atoms. The van der Waals surface area contributed by atoms with Gasteiger partial charge in [-0.05, 0) is 30.7 Å². The summed E-state index contributed by atoms with van der Waals surface area (Å²) in [6, 6.07) is 10.9. The fourth-order valence-electron chi connectivity index (χ4n) is 1.63. The van der Waals surface area contributed by atoms with E-state index in [1.165, 1.54) is 6.07 Å². The van der Waals surface area contributed by atoms with Gasteiger partial charge < -0.3 is 10.1 Å². The van der Waals surface area contributed by atoms with Gasteiger partial charge in [-0.25, -0.2) is 4.98 Å². The number of nitrogens with one attached hydrogen (secondary N) is 1. The van der Waals surface area contributed by atoms with E-state index in [4.69, 9.17) is 21.6 Å². The second kappa shape index (κ2) is 5.59. The van der Waals surface area contributed by atoms with Crippen LogP contribution in [0.3, 0.4) is 0 Å². The molecule has 0 fully saturated rings. The lowest BCUT2D eigenvalue weighted by Gasteiger charge is -2.11. The summed E-state index contributed by atoms with van der Waals surface area (Å²) in [6.45, 7) is 1.97. The molecule has 19 heavy (non-hydrogen) atoms. The summed E-state index contributed by atoms with van der Waals surface area (Å²) in [5, 5.41) is 12.3. The zero-order chi connectivity index (χ0) is 13.8. The van der Waals surface area contributed by atoms with Crippen molar-refractivity contribution in [3.63, 3.8) is 0 Å². The van der Waals surface area contributed by atoms with Crippen LogP contribution >= 0.6 is 11.6 Å². The minimum atomic E-state index is 0.280. The van der Waals surface area contributed by atoms with Gasteiger partial charge in [0.25, 0.3) is 0 Å². The summed E-state index contributed by atoms with van der Waals surface area (Å²) >= 11 is 5.87. The number of anilines is 2. The molecule has 1 heterocycles. The van der Waals surface area contributed by atoms with Crippen LogP contribution < -0.4 is 10.1 Å². The van der Waals surface area contributed by atoms with E-state index >= 15 is 0 Å². The van der Waals surface area contributed by atoms with Crippen molar-refractivity contribution < 1.29 is 4.74 Å². The number of ether oxygens (including phenoxy) is 1. The van der Waals surface area contributed by atoms with Gasteiger partial charge in [0.05, 0.1) is 18.7 Å². The first kappa shape index (κ1) is 13.2. The third-order valence-corrected chi connectivity index (χ3v) is 2.82. The molecule has 0 aliphatic carbocycles. The highest BCUT2D eigenvalue weighted by atomic mass is 35.5. The second-order valence-corrected chi connectivity index (χ2v) is 4.37. The van der Waals surface area contributed by atoms with Crippen LogP contribution in [0.4, 0.5) is 11.5 Å². The van der Waals surface area contributed by atoms with Crippen molar-refractivity contribution >= 4 is 23.1 Å². The van der Waals surface area contributed by atoms with E-state index in [9.17, 15) is 0 Å². The number of nitrogens with zero attached hydrogens (tertiary/aromatic N) is 2. The van der Waals surface area contributed by atoms with Crippen molar-refractivity contribution in [3.05, 3.63) is 46.6 Å². The lowest BCUT2D eigenvalue weighted by Crippen LogP contribution is -1.97. The highest BCUT2D eigenvalue weighted by molar-refractivity contribution is 6.29. The SMILES string of the molecule is COc1ccc(C)c(Nc2cc(C#N)cc(Cl)n2)c1. The van der Waals surface area contributed by atoms with Gasteiger partial charge in [-0.2, -0.15) is 5.26 Å². The predicted molar refractivity (Wildman–Crippen MR) is 75.0 cm³/mol. The Labute approximate surface area is 116 Å². The van der Waals surface area contributed by atoms with Gasteiger partial charge >= 0.3 is 0 Å². The molecule has 1 N–H and O–H groups in total. The van der Waals surface area contributed by atoms with Crippen molar-refractivity contribution in [2.24, 2.45) is 0 Å². The Morgan fingerprint density at radius 1 is 1.32 bits per heavy atom. The van der Waals surface area contributed by atoms with Gasteiger partial charge in [-0.15, -0.1) is 0 Å². The van der Waals surface area contributed by atoms with Gasteiger partial charge in [-0.3, -0.25) is 0 Å². The van der Waals surface area contributed by atoms with E-state index in [1.807, 2.05) is 31.2 Å². The molecule has 96 valence electrons. The Hall–Kier alpha value is -2.25. The number of hydrogen-bond donors (Lipinski definition) is 1. The van der Waals surface area contributed by atoms with E-state index < -0.39 is 0 Å². The van der Waals surface area contributed by atoms with E-state index in [1.54, 1.807) is 13.2 Å². The third-order valence-electron chi connectivity index (χ3n) is 2.63. The molecule has 0 unspecified atom stereocenters. The second-order valence-electron chi connectivity index (χ2n) is 3.98. The molecular formula is C14H12ClN3O. The van der Waals surface area contributed by atoms with Crippen LogP contribution in [0, 0.1) is 18.3 Å². The highest BCUT2D eigenvalue weighted by Crippen LogP contribution is 2.25. The summed E-state index contributed by atoms with van der Waals surface area (Å²) in [5.41, 5.74) is 2.36. The Balaban J connectivity index is 2.36. The lowest BCUT2D eigenvalue weighted by atomic mass is 10.2. The van der Waals surface area contributed by atoms with Crippen LogP contribution in [0.25, 0.3) is 0 Å². The molecule has 4 nitrogen and oxygen atoms in total. The Kier molecular flexibility index (Phi) is 3.88. The predicted octanol–water partition coefficient (Wildman–Crippen LogP) is 3.67. The zero-order valence-electron chi connectivity index (χ0n) is 10.6. The van der Waals surface area contributed by atoms with Gasteiger partial charge in [0.1, 0.15) is 16.7 Å². The smallest absolute Gasteiger partial charge is 0.133 e. The van der Waals surface area contributed by atoms with Crippen LogP contribution in [0.5, 0.6) is 5.75 Å². The first-order valence-corrected chi connectivity index (χ1v) is 5.99. The molecule has 0 atom stereocenters. The number of aryl methyl sites for hydroxylation is 1. The number of halogens is 1. The van der Waals surface area contributed by atoms with Crippen molar-refractivity contribution in [1.82, 2.24) is 4.98 Å². The quantitative estimate of drug-likeness (QED) is 0.867. The van der Waals surface area contributed by atoms with Gasteiger partial charge in [0.15, 0.2) is 0 Å². The molecule has 2 rings (SSSR count). The maximum absolute atomic E-state index is 8.91. The van der Waals surface area contributed by atoms with E-state index in [2.05, 4.69) is 10.3 Å². The molecule has 1 aromatic carbocycles. The van der Waals surface area contributed by atoms with Crippen molar-refractivity contribution in [2.75, 3.05) is 12.4 Å². The van der Waals surface area contributed by atoms with Crippen LogP contribution in [0.1, 0.15) is 11.1 Å². The molecule has 0 saturated heterocycles. The molecule has 0 aliphatic rings. The summed E-state index contributed by atoms with van der Waals surface area (Å²) < 4.78 is 5.18. The first-order chi connectivity index (χ1) is 9.12. The van der Waals surface area contributed by atoms with Crippen LogP contribution in [0.2, 0.25) is 5.15 Å². The number of pyridine rings is 1. The van der Waals surface area contributed by atoms with Gasteiger partial charge in [-0.1, -0.05) is 17.7 Å². The summed E-state index contributed by atoms with van der Waals surface area (Å²) in [5.74, 6) is 1.27. The minimum absolute atomic E-state index is 0.280. The average Bonchev–Trinajstić information content (AvgIpc) is 2.40. The number of benzene rings is 1. The summed E-state index contributed by atoms with van der Waals surface area (Å²) in [4.78, 5) is 4.14. The highest BCUT2D eigenvalue weighted by Gasteiger charge is 2.05. The largest absolute Gasteiger partial charge is 0.497 e. The normalized spacial score (nSPS) is 9.79. The number of rotatable bonds is 3. The Morgan fingerprint density at radius 3 is 2.79 bits per heavy atom.